The summed E-state index contributed by atoms with van der Waals surface area (Å²) in [6, 6.07) is 9.71. The third-order valence-electron chi connectivity index (χ3n) is 6.69. The van der Waals surface area contributed by atoms with E-state index in [2.05, 4.69) is 19.2 Å². The Morgan fingerprint density at radius 2 is 1.97 bits per heavy atom. The zero-order valence-electron chi connectivity index (χ0n) is 22.0. The quantitative estimate of drug-likeness (QED) is 0.465. The van der Waals surface area contributed by atoms with Crippen LogP contribution >= 0.6 is 0 Å². The SMILES string of the molecule is CCc1cc(C(=O)N2CCCCCC2C)nc2cc(-c3ccc(NC(=O)OCC(C)C)cc3C)nn12. The van der Waals surface area contributed by atoms with E-state index in [0.29, 0.717) is 23.6 Å². The molecule has 1 aliphatic heterocycles. The highest BCUT2D eigenvalue weighted by atomic mass is 16.5. The number of nitrogens with one attached hydrogen (secondary N) is 1. The molecule has 3 heterocycles. The minimum absolute atomic E-state index is 0.000288. The van der Waals surface area contributed by atoms with Gasteiger partial charge in [0.1, 0.15) is 5.69 Å². The molecule has 0 saturated carbocycles. The van der Waals surface area contributed by atoms with Crippen LogP contribution in [0, 0.1) is 12.8 Å². The van der Waals surface area contributed by atoms with Gasteiger partial charge in [-0.3, -0.25) is 10.1 Å². The van der Waals surface area contributed by atoms with Crippen molar-refractivity contribution in [3.8, 4) is 11.3 Å². The number of carbonyl (C=O) groups is 2. The van der Waals surface area contributed by atoms with Gasteiger partial charge in [0.05, 0.1) is 12.3 Å². The summed E-state index contributed by atoms with van der Waals surface area (Å²) in [5.41, 5.74) is 5.44. The first-order chi connectivity index (χ1) is 17.3. The number of benzene rings is 1. The lowest BCUT2D eigenvalue weighted by molar-refractivity contribution is 0.0691. The fourth-order valence-electron chi connectivity index (χ4n) is 4.68. The molecule has 2 aromatic heterocycles. The molecule has 192 valence electrons. The molecule has 1 unspecified atom stereocenters. The van der Waals surface area contributed by atoms with E-state index in [9.17, 15) is 9.59 Å². The summed E-state index contributed by atoms with van der Waals surface area (Å²) in [6.45, 7) is 11.3. The number of hydrogen-bond acceptors (Lipinski definition) is 5. The van der Waals surface area contributed by atoms with E-state index < -0.39 is 6.09 Å². The summed E-state index contributed by atoms with van der Waals surface area (Å²) >= 11 is 0. The lowest BCUT2D eigenvalue weighted by Gasteiger charge is -2.27. The molecular weight excluding hydrogens is 454 g/mol. The van der Waals surface area contributed by atoms with Crippen molar-refractivity contribution in [3.63, 3.8) is 0 Å². The Labute approximate surface area is 213 Å². The Morgan fingerprint density at radius 1 is 1.17 bits per heavy atom. The second-order valence-electron chi connectivity index (χ2n) is 10.1. The van der Waals surface area contributed by atoms with Gasteiger partial charge in [-0.1, -0.05) is 39.7 Å². The number of carbonyl (C=O) groups excluding carboxylic acids is 2. The molecular formula is C28H37N5O3. The van der Waals surface area contributed by atoms with Gasteiger partial charge in [-0.05, 0) is 62.8 Å². The number of anilines is 1. The monoisotopic (exact) mass is 491 g/mol. The van der Waals surface area contributed by atoms with E-state index in [1.165, 1.54) is 6.42 Å². The number of aryl methyl sites for hydroxylation is 2. The molecule has 1 aliphatic rings. The fraction of sp³-hybridized carbons (Fsp3) is 0.500. The Hall–Kier alpha value is -3.42. The first-order valence-electron chi connectivity index (χ1n) is 13.0. The molecule has 8 nitrogen and oxygen atoms in total. The molecule has 8 heteroatoms. The Balaban J connectivity index is 1.60. The molecule has 0 radical (unpaired) electrons. The van der Waals surface area contributed by atoms with Crippen LogP contribution in [0.1, 0.15) is 75.1 Å². The lowest BCUT2D eigenvalue weighted by Crippen LogP contribution is -2.38. The number of likely N-dealkylation sites (tertiary alicyclic amines) is 1. The second kappa shape index (κ2) is 11.1. The zero-order chi connectivity index (χ0) is 25.8. The number of fused-ring (bicyclic) bond motifs is 1. The molecule has 1 aromatic carbocycles. The number of hydrogen-bond donors (Lipinski definition) is 1. The van der Waals surface area contributed by atoms with Gasteiger partial charge in [0.2, 0.25) is 0 Å². The highest BCUT2D eigenvalue weighted by Gasteiger charge is 2.25. The molecule has 1 N–H and O–H groups in total. The van der Waals surface area contributed by atoms with Crippen LogP contribution in [0.15, 0.2) is 30.3 Å². The summed E-state index contributed by atoms with van der Waals surface area (Å²) in [6.07, 6.45) is 4.67. The van der Waals surface area contributed by atoms with Gasteiger partial charge < -0.3 is 9.64 Å². The van der Waals surface area contributed by atoms with E-state index in [-0.39, 0.29) is 17.9 Å². The van der Waals surface area contributed by atoms with Crippen LogP contribution in [0.2, 0.25) is 0 Å². The number of ether oxygens (including phenoxy) is 1. The average molecular weight is 492 g/mol. The Kier molecular flexibility index (Phi) is 7.91. The van der Waals surface area contributed by atoms with E-state index >= 15 is 0 Å². The standard InChI is InChI=1S/C28H37N5O3/c1-6-22-15-25(27(34)32-13-9-7-8-10-20(32)5)30-26-16-24(31-33(22)26)23-12-11-21(14-19(23)4)29-28(35)36-17-18(2)3/h11-12,14-16,18,20H,6-10,13,17H2,1-5H3,(H,29,35). The summed E-state index contributed by atoms with van der Waals surface area (Å²) in [5.74, 6) is 0.278. The van der Waals surface area contributed by atoms with Crippen LogP contribution in [0.25, 0.3) is 16.9 Å². The normalized spacial score (nSPS) is 16.3. The van der Waals surface area contributed by atoms with E-state index in [0.717, 1.165) is 54.7 Å². The van der Waals surface area contributed by atoms with Crippen molar-refractivity contribution < 1.29 is 14.3 Å². The van der Waals surface area contributed by atoms with Crippen molar-refractivity contribution >= 4 is 23.3 Å². The number of nitrogens with zero attached hydrogens (tertiary/aromatic N) is 4. The predicted octanol–water partition coefficient (Wildman–Crippen LogP) is 5.88. The van der Waals surface area contributed by atoms with Crippen molar-refractivity contribution in [2.75, 3.05) is 18.5 Å². The van der Waals surface area contributed by atoms with Crippen LogP contribution < -0.4 is 5.32 Å². The van der Waals surface area contributed by atoms with Crippen molar-refractivity contribution in [3.05, 3.63) is 47.3 Å². The van der Waals surface area contributed by atoms with Crippen molar-refractivity contribution in [2.45, 2.75) is 72.8 Å². The largest absolute Gasteiger partial charge is 0.449 e. The summed E-state index contributed by atoms with van der Waals surface area (Å²) in [7, 11) is 0. The second-order valence-corrected chi connectivity index (χ2v) is 10.1. The van der Waals surface area contributed by atoms with Gasteiger partial charge >= 0.3 is 6.09 Å². The maximum Gasteiger partial charge on any atom is 0.411 e. The fourth-order valence-corrected chi connectivity index (χ4v) is 4.68. The first kappa shape index (κ1) is 25.7. The zero-order valence-corrected chi connectivity index (χ0v) is 22.0. The van der Waals surface area contributed by atoms with Gasteiger partial charge in [0, 0.05) is 35.6 Å². The summed E-state index contributed by atoms with van der Waals surface area (Å²) in [4.78, 5) is 32.1. The molecule has 3 aromatic rings. The van der Waals surface area contributed by atoms with Crippen LogP contribution in [0.5, 0.6) is 0 Å². The third kappa shape index (κ3) is 5.69. The number of aromatic nitrogens is 3. The van der Waals surface area contributed by atoms with Crippen LogP contribution in [-0.2, 0) is 11.2 Å². The minimum atomic E-state index is -0.462. The van der Waals surface area contributed by atoms with Crippen molar-refractivity contribution in [1.82, 2.24) is 19.5 Å². The average Bonchev–Trinajstić information content (AvgIpc) is 3.15. The maximum atomic E-state index is 13.4. The third-order valence-corrected chi connectivity index (χ3v) is 6.69. The molecule has 0 bridgehead atoms. The van der Waals surface area contributed by atoms with Crippen LogP contribution in [-0.4, -0.2) is 50.7 Å². The van der Waals surface area contributed by atoms with Crippen molar-refractivity contribution in [2.24, 2.45) is 5.92 Å². The lowest BCUT2D eigenvalue weighted by atomic mass is 10.1. The molecule has 0 spiro atoms. The van der Waals surface area contributed by atoms with E-state index in [4.69, 9.17) is 14.8 Å². The number of rotatable bonds is 6. The van der Waals surface area contributed by atoms with Gasteiger partial charge in [0.25, 0.3) is 5.91 Å². The highest BCUT2D eigenvalue weighted by molar-refractivity contribution is 5.93. The molecule has 4 rings (SSSR count). The molecule has 1 atom stereocenters. The van der Waals surface area contributed by atoms with Gasteiger partial charge in [-0.2, -0.15) is 5.10 Å². The first-order valence-corrected chi connectivity index (χ1v) is 13.0. The number of amides is 2. The maximum absolute atomic E-state index is 13.4. The summed E-state index contributed by atoms with van der Waals surface area (Å²) < 4.78 is 7.04. The van der Waals surface area contributed by atoms with Gasteiger partial charge in [0.15, 0.2) is 5.65 Å². The van der Waals surface area contributed by atoms with Gasteiger partial charge in [-0.25, -0.2) is 14.3 Å². The van der Waals surface area contributed by atoms with E-state index in [1.807, 2.05) is 60.5 Å². The van der Waals surface area contributed by atoms with Crippen LogP contribution in [0.3, 0.4) is 0 Å². The summed E-state index contributed by atoms with van der Waals surface area (Å²) in [5, 5.41) is 7.59. The molecule has 1 saturated heterocycles. The molecule has 2 amide bonds. The Morgan fingerprint density at radius 3 is 2.69 bits per heavy atom. The smallest absolute Gasteiger partial charge is 0.411 e. The minimum Gasteiger partial charge on any atom is -0.449 e. The Bertz CT molecular complexity index is 1250. The predicted molar refractivity (Wildman–Crippen MR) is 141 cm³/mol. The molecule has 36 heavy (non-hydrogen) atoms. The molecule has 0 aliphatic carbocycles. The molecule has 1 fully saturated rings. The van der Waals surface area contributed by atoms with Crippen molar-refractivity contribution in [1.29, 1.82) is 0 Å². The van der Waals surface area contributed by atoms with E-state index in [1.54, 1.807) is 0 Å². The van der Waals surface area contributed by atoms with Crippen LogP contribution in [0.4, 0.5) is 10.5 Å². The van der Waals surface area contributed by atoms with Gasteiger partial charge in [-0.15, -0.1) is 0 Å². The topological polar surface area (TPSA) is 88.8 Å². The highest BCUT2D eigenvalue weighted by Crippen LogP contribution is 2.27.